The van der Waals surface area contributed by atoms with Gasteiger partial charge < -0.3 is 4.90 Å². The molecule has 1 nitrogen and oxygen atoms in total. The molecule has 0 spiro atoms. The summed E-state index contributed by atoms with van der Waals surface area (Å²) in [5.74, 6) is 0. The fourth-order valence-corrected chi connectivity index (χ4v) is 1.58. The first-order chi connectivity index (χ1) is 8.02. The highest BCUT2D eigenvalue weighted by Crippen LogP contribution is 2.10. The van der Waals surface area contributed by atoms with E-state index in [-0.39, 0.29) is 0 Å². The van der Waals surface area contributed by atoms with E-state index >= 15 is 0 Å². The first kappa shape index (κ1) is 16.0. The molecular weight excluding hydrogens is 206 g/mol. The Bertz CT molecular complexity index is 284. The SMILES string of the molecule is C=C(C)/C(C)=C\C=C(/C)N(CCC)CCCC. The van der Waals surface area contributed by atoms with E-state index in [9.17, 15) is 0 Å². The summed E-state index contributed by atoms with van der Waals surface area (Å²) in [6.45, 7) is 17.1. The number of allylic oxidation sites excluding steroid dienone is 5. The molecule has 0 heterocycles. The van der Waals surface area contributed by atoms with Crippen molar-refractivity contribution in [1.29, 1.82) is 0 Å². The highest BCUT2D eigenvalue weighted by Gasteiger charge is 2.02. The van der Waals surface area contributed by atoms with Gasteiger partial charge in [0.15, 0.2) is 0 Å². The molecule has 0 saturated carbocycles. The first-order valence-corrected chi connectivity index (χ1v) is 6.78. The average molecular weight is 235 g/mol. The van der Waals surface area contributed by atoms with Crippen LogP contribution in [0.4, 0.5) is 0 Å². The van der Waals surface area contributed by atoms with Crippen LogP contribution >= 0.6 is 0 Å². The Labute approximate surface area is 108 Å². The quantitative estimate of drug-likeness (QED) is 0.539. The second-order valence-corrected chi connectivity index (χ2v) is 4.78. The van der Waals surface area contributed by atoms with Crippen LogP contribution in [0, 0.1) is 0 Å². The van der Waals surface area contributed by atoms with Crippen LogP contribution in [0.1, 0.15) is 53.9 Å². The van der Waals surface area contributed by atoms with Crippen molar-refractivity contribution in [3.63, 3.8) is 0 Å². The zero-order valence-electron chi connectivity index (χ0n) is 12.3. The van der Waals surface area contributed by atoms with Crippen LogP contribution in [0.2, 0.25) is 0 Å². The van der Waals surface area contributed by atoms with E-state index in [1.165, 1.54) is 37.1 Å². The van der Waals surface area contributed by atoms with Crippen molar-refractivity contribution in [3.05, 3.63) is 35.6 Å². The van der Waals surface area contributed by atoms with E-state index < -0.39 is 0 Å². The van der Waals surface area contributed by atoms with Gasteiger partial charge in [0.25, 0.3) is 0 Å². The standard InChI is InChI=1S/C16H29N/c1-7-9-13-17(12-8-2)16(6)11-10-15(5)14(3)4/h10-11H,3,7-9,12-13H2,1-2,4-6H3/b15-10-,16-11+. The van der Waals surface area contributed by atoms with Crippen LogP contribution in [-0.4, -0.2) is 18.0 Å². The molecule has 0 aromatic heterocycles. The number of rotatable bonds is 8. The molecule has 0 rings (SSSR count). The van der Waals surface area contributed by atoms with Crippen molar-refractivity contribution in [2.45, 2.75) is 53.9 Å². The Morgan fingerprint density at radius 1 is 1.00 bits per heavy atom. The van der Waals surface area contributed by atoms with Crippen LogP contribution < -0.4 is 0 Å². The summed E-state index contributed by atoms with van der Waals surface area (Å²) >= 11 is 0. The number of hydrogen-bond donors (Lipinski definition) is 0. The molecule has 98 valence electrons. The molecule has 0 aliphatic rings. The molecule has 0 aliphatic carbocycles. The summed E-state index contributed by atoms with van der Waals surface area (Å²) in [4.78, 5) is 2.48. The molecule has 0 atom stereocenters. The van der Waals surface area contributed by atoms with Gasteiger partial charge in [0.1, 0.15) is 0 Å². The first-order valence-electron chi connectivity index (χ1n) is 6.78. The molecule has 0 saturated heterocycles. The highest BCUT2D eigenvalue weighted by molar-refractivity contribution is 5.28. The van der Waals surface area contributed by atoms with Gasteiger partial charge in [0.2, 0.25) is 0 Å². The van der Waals surface area contributed by atoms with Gasteiger partial charge in [-0.3, -0.25) is 0 Å². The van der Waals surface area contributed by atoms with E-state index in [4.69, 9.17) is 0 Å². The number of hydrogen-bond acceptors (Lipinski definition) is 1. The van der Waals surface area contributed by atoms with Gasteiger partial charge in [-0.15, -0.1) is 0 Å². The fraction of sp³-hybridized carbons (Fsp3) is 0.625. The normalized spacial score (nSPS) is 12.8. The molecule has 17 heavy (non-hydrogen) atoms. The summed E-state index contributed by atoms with van der Waals surface area (Å²) in [6.07, 6.45) is 8.13. The minimum Gasteiger partial charge on any atom is -0.375 e. The molecule has 0 unspecified atom stereocenters. The van der Waals surface area contributed by atoms with Gasteiger partial charge >= 0.3 is 0 Å². The average Bonchev–Trinajstić information content (AvgIpc) is 2.30. The van der Waals surface area contributed by atoms with Crippen molar-refractivity contribution in [2.24, 2.45) is 0 Å². The van der Waals surface area contributed by atoms with Crippen LogP contribution in [0.3, 0.4) is 0 Å². The van der Waals surface area contributed by atoms with E-state index in [0.717, 1.165) is 12.1 Å². The summed E-state index contributed by atoms with van der Waals surface area (Å²) in [5.41, 5.74) is 3.77. The van der Waals surface area contributed by atoms with Crippen LogP contribution in [0.5, 0.6) is 0 Å². The molecule has 0 aromatic carbocycles. The van der Waals surface area contributed by atoms with E-state index in [2.05, 4.69) is 58.2 Å². The van der Waals surface area contributed by atoms with Crippen LogP contribution in [0.25, 0.3) is 0 Å². The van der Waals surface area contributed by atoms with Crippen molar-refractivity contribution in [1.82, 2.24) is 4.90 Å². The topological polar surface area (TPSA) is 3.24 Å². The predicted octanol–water partition coefficient (Wildman–Crippen LogP) is 4.92. The lowest BCUT2D eigenvalue weighted by atomic mass is 10.1. The van der Waals surface area contributed by atoms with Crippen molar-refractivity contribution in [3.8, 4) is 0 Å². The zero-order chi connectivity index (χ0) is 13.3. The summed E-state index contributed by atoms with van der Waals surface area (Å²) in [6, 6.07) is 0. The van der Waals surface area contributed by atoms with E-state index in [0.29, 0.717) is 0 Å². The predicted molar refractivity (Wildman–Crippen MR) is 79.1 cm³/mol. The third-order valence-corrected chi connectivity index (χ3v) is 3.02. The smallest absolute Gasteiger partial charge is 0.0174 e. The molecule has 0 aromatic rings. The Hall–Kier alpha value is -0.980. The minimum absolute atomic E-state index is 1.14. The van der Waals surface area contributed by atoms with Gasteiger partial charge in [0.05, 0.1) is 0 Å². The van der Waals surface area contributed by atoms with Gasteiger partial charge in [0, 0.05) is 18.8 Å². The molecule has 0 bridgehead atoms. The third-order valence-electron chi connectivity index (χ3n) is 3.02. The molecule has 0 radical (unpaired) electrons. The van der Waals surface area contributed by atoms with Crippen LogP contribution in [-0.2, 0) is 0 Å². The largest absolute Gasteiger partial charge is 0.375 e. The minimum atomic E-state index is 1.14. The van der Waals surface area contributed by atoms with Gasteiger partial charge in [-0.25, -0.2) is 0 Å². The lowest BCUT2D eigenvalue weighted by molar-refractivity contribution is 0.338. The molecular formula is C16H29N. The van der Waals surface area contributed by atoms with Crippen LogP contribution in [0.15, 0.2) is 35.6 Å². The maximum absolute atomic E-state index is 3.95. The fourth-order valence-electron chi connectivity index (χ4n) is 1.58. The van der Waals surface area contributed by atoms with E-state index in [1.54, 1.807) is 0 Å². The lowest BCUT2D eigenvalue weighted by Crippen LogP contribution is -2.23. The highest BCUT2D eigenvalue weighted by atomic mass is 15.1. The summed E-state index contributed by atoms with van der Waals surface area (Å²) in [5, 5.41) is 0. The van der Waals surface area contributed by atoms with Crippen molar-refractivity contribution in [2.75, 3.05) is 13.1 Å². The molecule has 0 N–H and O–H groups in total. The second-order valence-electron chi connectivity index (χ2n) is 4.78. The molecule has 0 aliphatic heterocycles. The van der Waals surface area contributed by atoms with Gasteiger partial charge in [-0.1, -0.05) is 38.5 Å². The lowest BCUT2D eigenvalue weighted by Gasteiger charge is -2.24. The van der Waals surface area contributed by atoms with Crippen molar-refractivity contribution < 1.29 is 0 Å². The maximum Gasteiger partial charge on any atom is 0.0174 e. The maximum atomic E-state index is 3.95. The summed E-state index contributed by atoms with van der Waals surface area (Å²) < 4.78 is 0. The Balaban J connectivity index is 4.58. The second kappa shape index (κ2) is 9.09. The number of nitrogens with zero attached hydrogens (tertiary/aromatic N) is 1. The van der Waals surface area contributed by atoms with Crippen molar-refractivity contribution >= 4 is 0 Å². The number of unbranched alkanes of at least 4 members (excludes halogenated alkanes) is 1. The van der Waals surface area contributed by atoms with Gasteiger partial charge in [-0.05, 0) is 45.3 Å². The zero-order valence-corrected chi connectivity index (χ0v) is 12.3. The molecule has 0 amide bonds. The summed E-state index contributed by atoms with van der Waals surface area (Å²) in [7, 11) is 0. The Morgan fingerprint density at radius 2 is 1.65 bits per heavy atom. The molecule has 0 fully saturated rings. The Morgan fingerprint density at radius 3 is 2.12 bits per heavy atom. The van der Waals surface area contributed by atoms with Gasteiger partial charge in [-0.2, -0.15) is 0 Å². The van der Waals surface area contributed by atoms with E-state index in [1.807, 2.05) is 0 Å². The monoisotopic (exact) mass is 235 g/mol. The Kier molecular flexibility index (Phi) is 8.57. The third kappa shape index (κ3) is 7.04. The molecule has 1 heteroatoms.